The Morgan fingerprint density at radius 2 is 2.47 bits per heavy atom. The first-order valence-electron chi connectivity index (χ1n) is 6.35. The number of carbonyl (C=O) groups is 1. The van der Waals surface area contributed by atoms with Gasteiger partial charge in [0.15, 0.2) is 0 Å². The fraction of sp³-hybridized carbons (Fsp3) is 0.500. The molecule has 1 aliphatic rings. The van der Waals surface area contributed by atoms with Gasteiger partial charge in [-0.1, -0.05) is 23.7 Å². The van der Waals surface area contributed by atoms with Crippen molar-refractivity contribution in [2.24, 2.45) is 0 Å². The zero-order valence-electron chi connectivity index (χ0n) is 10.9. The predicted molar refractivity (Wildman–Crippen MR) is 79.8 cm³/mol. The standard InChI is InChI=1S/C14H18ClNO2S/c1-10(17)14(13-8-16-9-18-13)19-6-5-11-3-2-4-12(15)7-11/h2-4,7,13-14,16H,5-6,8-9H2,1H3. The second-order valence-corrected chi connectivity index (χ2v) is 6.27. The van der Waals surface area contributed by atoms with Crippen LogP contribution in [0.3, 0.4) is 0 Å². The van der Waals surface area contributed by atoms with Crippen molar-refractivity contribution in [2.75, 3.05) is 19.0 Å². The van der Waals surface area contributed by atoms with Gasteiger partial charge in [0.2, 0.25) is 0 Å². The lowest BCUT2D eigenvalue weighted by atomic mass is 10.2. The summed E-state index contributed by atoms with van der Waals surface area (Å²) >= 11 is 7.62. The maximum atomic E-state index is 11.7. The zero-order chi connectivity index (χ0) is 13.7. The molecule has 5 heteroatoms. The van der Waals surface area contributed by atoms with Crippen LogP contribution in [0, 0.1) is 0 Å². The third-order valence-electron chi connectivity index (χ3n) is 3.06. The van der Waals surface area contributed by atoms with Gasteiger partial charge < -0.3 is 4.74 Å². The minimum atomic E-state index is -0.0748. The smallest absolute Gasteiger partial charge is 0.145 e. The molecule has 0 bridgehead atoms. The lowest BCUT2D eigenvalue weighted by Gasteiger charge is -2.19. The average molecular weight is 300 g/mol. The van der Waals surface area contributed by atoms with Gasteiger partial charge in [-0.2, -0.15) is 0 Å². The van der Waals surface area contributed by atoms with Crippen molar-refractivity contribution in [1.82, 2.24) is 5.32 Å². The Morgan fingerprint density at radius 3 is 3.11 bits per heavy atom. The molecule has 1 N–H and O–H groups in total. The van der Waals surface area contributed by atoms with Crippen LogP contribution in [0.2, 0.25) is 5.02 Å². The first-order valence-corrected chi connectivity index (χ1v) is 7.78. The number of halogens is 1. The topological polar surface area (TPSA) is 38.3 Å². The van der Waals surface area contributed by atoms with E-state index in [1.54, 1.807) is 18.7 Å². The first-order chi connectivity index (χ1) is 9.16. The lowest BCUT2D eigenvalue weighted by Crippen LogP contribution is -2.33. The number of thioether (sulfide) groups is 1. The molecule has 0 radical (unpaired) electrons. The van der Waals surface area contributed by atoms with Gasteiger partial charge in [0.25, 0.3) is 0 Å². The summed E-state index contributed by atoms with van der Waals surface area (Å²) in [5.74, 6) is 1.08. The number of ketones is 1. The molecule has 1 heterocycles. The van der Waals surface area contributed by atoms with Crippen molar-refractivity contribution < 1.29 is 9.53 Å². The highest BCUT2D eigenvalue weighted by Gasteiger charge is 2.29. The summed E-state index contributed by atoms with van der Waals surface area (Å²) in [5.41, 5.74) is 1.20. The van der Waals surface area contributed by atoms with Gasteiger partial charge in [0, 0.05) is 11.6 Å². The van der Waals surface area contributed by atoms with E-state index in [1.165, 1.54) is 5.56 Å². The third-order valence-corrected chi connectivity index (χ3v) is 4.73. The van der Waals surface area contributed by atoms with Crippen molar-refractivity contribution in [2.45, 2.75) is 24.7 Å². The number of Topliss-reactive ketones (excluding diaryl/α,β-unsaturated/α-hetero) is 1. The number of carbonyl (C=O) groups excluding carboxylic acids is 1. The largest absolute Gasteiger partial charge is 0.360 e. The number of hydrogen-bond donors (Lipinski definition) is 1. The molecule has 3 nitrogen and oxygen atoms in total. The zero-order valence-corrected chi connectivity index (χ0v) is 12.5. The summed E-state index contributed by atoms with van der Waals surface area (Å²) in [5, 5.41) is 3.80. The molecular formula is C14H18ClNO2S. The molecule has 1 fully saturated rings. The summed E-state index contributed by atoms with van der Waals surface area (Å²) in [4.78, 5) is 11.7. The lowest BCUT2D eigenvalue weighted by molar-refractivity contribution is -0.118. The van der Waals surface area contributed by atoms with Gasteiger partial charge in [0.1, 0.15) is 5.78 Å². The summed E-state index contributed by atoms with van der Waals surface area (Å²) in [6.45, 7) is 2.94. The second kappa shape index (κ2) is 7.29. The van der Waals surface area contributed by atoms with E-state index < -0.39 is 0 Å². The Bertz CT molecular complexity index is 435. The normalized spacial score (nSPS) is 20.4. The van der Waals surface area contributed by atoms with Crippen molar-refractivity contribution in [3.05, 3.63) is 34.9 Å². The SMILES string of the molecule is CC(=O)C(SCCc1cccc(Cl)c1)C1CNCO1. The molecule has 2 rings (SSSR count). The molecule has 0 aromatic heterocycles. The van der Waals surface area contributed by atoms with Crippen LogP contribution in [0.15, 0.2) is 24.3 Å². The highest BCUT2D eigenvalue weighted by Crippen LogP contribution is 2.22. The van der Waals surface area contributed by atoms with E-state index in [0.717, 1.165) is 23.7 Å². The van der Waals surface area contributed by atoms with Gasteiger partial charge in [0.05, 0.1) is 18.1 Å². The van der Waals surface area contributed by atoms with E-state index in [-0.39, 0.29) is 17.1 Å². The van der Waals surface area contributed by atoms with Gasteiger partial charge >= 0.3 is 0 Å². The van der Waals surface area contributed by atoms with Crippen LogP contribution in [-0.4, -0.2) is 36.2 Å². The number of benzene rings is 1. The highest BCUT2D eigenvalue weighted by atomic mass is 35.5. The maximum Gasteiger partial charge on any atom is 0.145 e. The minimum absolute atomic E-state index is 0.00172. The average Bonchev–Trinajstić information content (AvgIpc) is 2.88. The first kappa shape index (κ1) is 14.9. The van der Waals surface area contributed by atoms with Crippen LogP contribution >= 0.6 is 23.4 Å². The molecule has 1 saturated heterocycles. The molecule has 19 heavy (non-hydrogen) atoms. The number of ether oxygens (including phenoxy) is 1. The van der Waals surface area contributed by atoms with Gasteiger partial charge in [-0.15, -0.1) is 11.8 Å². The maximum absolute atomic E-state index is 11.7. The monoisotopic (exact) mass is 299 g/mol. The molecule has 1 aliphatic heterocycles. The molecule has 0 spiro atoms. The predicted octanol–water partition coefficient (Wildman–Crippen LogP) is 2.52. The van der Waals surface area contributed by atoms with E-state index in [9.17, 15) is 4.79 Å². The van der Waals surface area contributed by atoms with Gasteiger partial charge in [-0.25, -0.2) is 0 Å². The molecule has 0 amide bonds. The Morgan fingerprint density at radius 1 is 1.63 bits per heavy atom. The highest BCUT2D eigenvalue weighted by molar-refractivity contribution is 8.00. The fourth-order valence-electron chi connectivity index (χ4n) is 2.10. The molecule has 0 saturated carbocycles. The number of rotatable bonds is 6. The van der Waals surface area contributed by atoms with Crippen LogP contribution in [0.5, 0.6) is 0 Å². The van der Waals surface area contributed by atoms with Crippen molar-refractivity contribution >= 4 is 29.1 Å². The van der Waals surface area contributed by atoms with E-state index in [0.29, 0.717) is 6.73 Å². The molecule has 2 unspecified atom stereocenters. The summed E-state index contributed by atoms with van der Waals surface area (Å²) in [6, 6.07) is 7.85. The quantitative estimate of drug-likeness (QED) is 0.876. The van der Waals surface area contributed by atoms with E-state index in [2.05, 4.69) is 11.4 Å². The summed E-state index contributed by atoms with van der Waals surface area (Å²) < 4.78 is 5.52. The molecule has 0 aliphatic carbocycles. The minimum Gasteiger partial charge on any atom is -0.360 e. The Balaban J connectivity index is 1.83. The number of aryl methyl sites for hydroxylation is 1. The van der Waals surface area contributed by atoms with Crippen LogP contribution in [0.4, 0.5) is 0 Å². The number of hydrogen-bond acceptors (Lipinski definition) is 4. The van der Waals surface area contributed by atoms with Gasteiger partial charge in [-0.3, -0.25) is 10.1 Å². The second-order valence-electron chi connectivity index (χ2n) is 4.59. The van der Waals surface area contributed by atoms with Gasteiger partial charge in [-0.05, 0) is 36.8 Å². The fourth-order valence-corrected chi connectivity index (χ4v) is 3.55. The van der Waals surface area contributed by atoms with Crippen molar-refractivity contribution in [1.29, 1.82) is 0 Å². The Kier molecular flexibility index (Phi) is 5.70. The molecule has 1 aromatic rings. The summed E-state index contributed by atoms with van der Waals surface area (Å²) in [7, 11) is 0. The number of nitrogens with one attached hydrogen (secondary N) is 1. The van der Waals surface area contributed by atoms with Crippen LogP contribution in [-0.2, 0) is 16.0 Å². The Hall–Kier alpha value is -0.550. The van der Waals surface area contributed by atoms with E-state index in [1.807, 2.05) is 18.2 Å². The van der Waals surface area contributed by atoms with Crippen LogP contribution in [0.25, 0.3) is 0 Å². The van der Waals surface area contributed by atoms with E-state index >= 15 is 0 Å². The van der Waals surface area contributed by atoms with Crippen molar-refractivity contribution in [3.63, 3.8) is 0 Å². The third kappa shape index (κ3) is 4.49. The molecule has 2 atom stereocenters. The van der Waals surface area contributed by atoms with Crippen molar-refractivity contribution in [3.8, 4) is 0 Å². The van der Waals surface area contributed by atoms with Crippen LogP contribution in [0.1, 0.15) is 12.5 Å². The molecular weight excluding hydrogens is 282 g/mol. The van der Waals surface area contributed by atoms with Crippen LogP contribution < -0.4 is 5.32 Å². The molecule has 1 aromatic carbocycles. The summed E-state index contributed by atoms with van der Waals surface area (Å²) in [6.07, 6.45) is 0.914. The molecule has 104 valence electrons. The van der Waals surface area contributed by atoms with E-state index in [4.69, 9.17) is 16.3 Å². The Labute approximate surface area is 123 Å².